The first-order valence-electron chi connectivity index (χ1n) is 8.83. The molecule has 3 rings (SSSR count). The predicted octanol–water partition coefficient (Wildman–Crippen LogP) is 4.71. The summed E-state index contributed by atoms with van der Waals surface area (Å²) in [7, 11) is 1.67. The molecule has 1 aromatic heterocycles. The van der Waals surface area contributed by atoms with E-state index in [2.05, 4.69) is 27.8 Å². The maximum absolute atomic E-state index is 8.82. The molecule has 25 heavy (non-hydrogen) atoms. The summed E-state index contributed by atoms with van der Waals surface area (Å²) in [6.07, 6.45) is 5.48. The molecule has 1 aromatic carbocycles. The number of nitriles is 1. The topological polar surface area (TPSA) is 63.7 Å². The molecule has 0 spiro atoms. The summed E-state index contributed by atoms with van der Waals surface area (Å²) in [6, 6.07) is 10.6. The average Bonchev–Trinajstić information content (AvgIpc) is 3.06. The lowest BCUT2D eigenvalue weighted by Gasteiger charge is -2.31. The summed E-state index contributed by atoms with van der Waals surface area (Å²) in [5.74, 6) is 3.11. The molecule has 0 saturated heterocycles. The zero-order valence-electron chi connectivity index (χ0n) is 14.8. The number of thioether (sulfide) groups is 1. The van der Waals surface area contributed by atoms with E-state index in [1.165, 1.54) is 19.3 Å². The van der Waals surface area contributed by atoms with Gasteiger partial charge in [0.25, 0.3) is 0 Å². The summed E-state index contributed by atoms with van der Waals surface area (Å²) < 4.78 is 7.57. The van der Waals surface area contributed by atoms with Gasteiger partial charge in [0.1, 0.15) is 5.75 Å². The van der Waals surface area contributed by atoms with Crippen molar-refractivity contribution in [3.8, 4) is 23.2 Å². The fourth-order valence-electron chi connectivity index (χ4n) is 3.48. The lowest BCUT2D eigenvalue weighted by Crippen LogP contribution is -2.22. The van der Waals surface area contributed by atoms with Crippen molar-refractivity contribution in [3.05, 3.63) is 24.3 Å². The zero-order valence-corrected chi connectivity index (χ0v) is 15.6. The van der Waals surface area contributed by atoms with Gasteiger partial charge in [-0.05, 0) is 43.0 Å². The van der Waals surface area contributed by atoms with Crippen LogP contribution in [0.1, 0.15) is 45.1 Å². The second kappa shape index (κ2) is 8.39. The Morgan fingerprint density at radius 1 is 1.24 bits per heavy atom. The molecular formula is C19H24N4OS. The monoisotopic (exact) mass is 356 g/mol. The van der Waals surface area contributed by atoms with Crippen molar-refractivity contribution in [3.63, 3.8) is 0 Å². The average molecular weight is 356 g/mol. The van der Waals surface area contributed by atoms with Gasteiger partial charge in [-0.2, -0.15) is 5.26 Å². The lowest BCUT2D eigenvalue weighted by molar-refractivity contribution is 0.247. The Kier molecular flexibility index (Phi) is 5.98. The maximum atomic E-state index is 8.82. The van der Waals surface area contributed by atoms with Gasteiger partial charge in [0.15, 0.2) is 11.0 Å². The van der Waals surface area contributed by atoms with Gasteiger partial charge in [-0.3, -0.25) is 4.57 Å². The molecule has 1 aliphatic carbocycles. The highest BCUT2D eigenvalue weighted by Crippen LogP contribution is 2.39. The molecule has 2 atom stereocenters. The normalized spacial score (nSPS) is 20.2. The molecule has 0 bridgehead atoms. The summed E-state index contributed by atoms with van der Waals surface area (Å²) in [4.78, 5) is 0. The first-order valence-corrected chi connectivity index (χ1v) is 9.82. The van der Waals surface area contributed by atoms with Crippen LogP contribution in [0.4, 0.5) is 0 Å². The van der Waals surface area contributed by atoms with Gasteiger partial charge in [-0.15, -0.1) is 10.2 Å². The summed E-state index contributed by atoms with van der Waals surface area (Å²) in [6.45, 7) is 2.32. The minimum atomic E-state index is 0.422. The van der Waals surface area contributed by atoms with E-state index >= 15 is 0 Å². The smallest absolute Gasteiger partial charge is 0.191 e. The Labute approximate surface area is 153 Å². The predicted molar refractivity (Wildman–Crippen MR) is 99.6 cm³/mol. The molecule has 0 N–H and O–H groups in total. The fourth-order valence-corrected chi connectivity index (χ4v) is 4.31. The minimum Gasteiger partial charge on any atom is -0.497 e. The van der Waals surface area contributed by atoms with Crippen LogP contribution in [0.25, 0.3) is 11.4 Å². The Morgan fingerprint density at radius 2 is 2.00 bits per heavy atom. The minimum absolute atomic E-state index is 0.422. The van der Waals surface area contributed by atoms with Crippen molar-refractivity contribution in [2.45, 2.75) is 50.2 Å². The highest BCUT2D eigenvalue weighted by Gasteiger charge is 2.28. The van der Waals surface area contributed by atoms with Crippen LogP contribution in [0.2, 0.25) is 0 Å². The third kappa shape index (κ3) is 3.98. The molecule has 6 heteroatoms. The van der Waals surface area contributed by atoms with Crippen LogP contribution >= 0.6 is 11.8 Å². The molecular weight excluding hydrogens is 332 g/mol. The molecule has 1 fully saturated rings. The highest BCUT2D eigenvalue weighted by molar-refractivity contribution is 7.99. The molecule has 132 valence electrons. The number of aromatic nitrogens is 3. The van der Waals surface area contributed by atoms with Crippen LogP contribution in [0.15, 0.2) is 29.4 Å². The van der Waals surface area contributed by atoms with Crippen LogP contribution in [0.5, 0.6) is 5.75 Å². The number of ether oxygens (including phenoxy) is 1. The number of rotatable bonds is 6. The van der Waals surface area contributed by atoms with Crippen LogP contribution < -0.4 is 4.74 Å². The Balaban J connectivity index is 1.97. The van der Waals surface area contributed by atoms with E-state index in [0.29, 0.717) is 18.4 Å². The molecule has 2 aromatic rings. The van der Waals surface area contributed by atoms with Gasteiger partial charge < -0.3 is 4.74 Å². The van der Waals surface area contributed by atoms with Gasteiger partial charge in [-0.25, -0.2) is 0 Å². The summed E-state index contributed by atoms with van der Waals surface area (Å²) in [5, 5.41) is 18.7. The largest absolute Gasteiger partial charge is 0.497 e. The Hall–Kier alpha value is -2.00. The molecule has 5 nitrogen and oxygen atoms in total. The number of nitrogens with zero attached hydrogens (tertiary/aromatic N) is 4. The van der Waals surface area contributed by atoms with E-state index < -0.39 is 0 Å². The van der Waals surface area contributed by atoms with Crippen molar-refractivity contribution in [1.82, 2.24) is 14.8 Å². The van der Waals surface area contributed by atoms with Crippen molar-refractivity contribution >= 4 is 11.8 Å². The molecule has 0 radical (unpaired) electrons. The van der Waals surface area contributed by atoms with Crippen molar-refractivity contribution in [2.24, 2.45) is 5.92 Å². The van der Waals surface area contributed by atoms with Crippen molar-refractivity contribution < 1.29 is 4.74 Å². The molecule has 0 aliphatic heterocycles. The SMILES string of the molecule is COc1ccc(-c2nnc(SCCC#N)n2[C@@H]2CCCC[C@@H]2C)cc1. The number of benzene rings is 1. The second-order valence-electron chi connectivity index (χ2n) is 6.49. The number of hydrogen-bond donors (Lipinski definition) is 0. The van der Waals surface area contributed by atoms with E-state index in [1.807, 2.05) is 24.3 Å². The van der Waals surface area contributed by atoms with E-state index in [0.717, 1.165) is 34.5 Å². The van der Waals surface area contributed by atoms with Crippen molar-refractivity contribution in [1.29, 1.82) is 5.26 Å². The van der Waals surface area contributed by atoms with Gasteiger partial charge in [0.05, 0.1) is 13.2 Å². The quantitative estimate of drug-likeness (QED) is 0.554. The van der Waals surface area contributed by atoms with Crippen LogP contribution in [-0.4, -0.2) is 27.6 Å². The standard InChI is InChI=1S/C19H24N4OS/c1-14-6-3-4-7-17(14)23-18(15-8-10-16(24-2)11-9-15)21-22-19(23)25-13-5-12-20/h8-11,14,17H,3-7,13H2,1-2H3/t14-,17+/m0/s1. The van der Waals surface area contributed by atoms with Crippen molar-refractivity contribution in [2.75, 3.05) is 12.9 Å². The third-order valence-electron chi connectivity index (χ3n) is 4.86. The van der Waals surface area contributed by atoms with E-state index in [-0.39, 0.29) is 0 Å². The number of methoxy groups -OCH3 is 1. The Morgan fingerprint density at radius 3 is 2.68 bits per heavy atom. The van der Waals surface area contributed by atoms with Crippen LogP contribution in [0, 0.1) is 17.2 Å². The van der Waals surface area contributed by atoms with Gasteiger partial charge in [0.2, 0.25) is 0 Å². The number of hydrogen-bond acceptors (Lipinski definition) is 5. The van der Waals surface area contributed by atoms with Gasteiger partial charge >= 0.3 is 0 Å². The van der Waals surface area contributed by atoms with Gasteiger partial charge in [-0.1, -0.05) is 31.5 Å². The third-order valence-corrected chi connectivity index (χ3v) is 5.80. The highest BCUT2D eigenvalue weighted by atomic mass is 32.2. The van der Waals surface area contributed by atoms with Gasteiger partial charge in [0, 0.05) is 23.8 Å². The van der Waals surface area contributed by atoms with E-state index in [1.54, 1.807) is 18.9 Å². The van der Waals surface area contributed by atoms with E-state index in [4.69, 9.17) is 10.00 Å². The fraction of sp³-hybridized carbons (Fsp3) is 0.526. The maximum Gasteiger partial charge on any atom is 0.191 e. The summed E-state index contributed by atoms with van der Waals surface area (Å²) >= 11 is 1.63. The first-order chi connectivity index (χ1) is 12.2. The first kappa shape index (κ1) is 17.8. The second-order valence-corrected chi connectivity index (χ2v) is 7.55. The van der Waals surface area contributed by atoms with Crippen LogP contribution in [-0.2, 0) is 0 Å². The molecule has 1 aliphatic rings. The molecule has 0 amide bonds. The molecule has 1 saturated carbocycles. The van der Waals surface area contributed by atoms with Crippen LogP contribution in [0.3, 0.4) is 0 Å². The van der Waals surface area contributed by atoms with E-state index in [9.17, 15) is 0 Å². The molecule has 1 heterocycles. The Bertz CT molecular complexity index is 735. The molecule has 0 unspecified atom stereocenters. The zero-order chi connectivity index (χ0) is 17.6. The summed E-state index contributed by atoms with van der Waals surface area (Å²) in [5.41, 5.74) is 1.05. The lowest BCUT2D eigenvalue weighted by atomic mass is 9.85.